The largest absolute Gasteiger partial charge is 0.485 e. The van der Waals surface area contributed by atoms with Gasteiger partial charge in [0, 0.05) is 24.7 Å². The molecule has 0 saturated carbocycles. The molecule has 2 heterocycles. The number of hydrogen-bond acceptors (Lipinski definition) is 5. The van der Waals surface area contributed by atoms with Crippen molar-refractivity contribution in [2.45, 2.75) is 6.61 Å². The number of thiophene rings is 1. The van der Waals surface area contributed by atoms with Gasteiger partial charge in [0.2, 0.25) is 9.58 Å². The van der Waals surface area contributed by atoms with E-state index < -0.39 is 10.5 Å². The number of ether oxygens (including phenoxy) is 2. The highest BCUT2D eigenvalue weighted by Crippen LogP contribution is 2.50. The van der Waals surface area contributed by atoms with Crippen LogP contribution in [0.4, 0.5) is 0 Å². The number of aromatic nitrogens is 2. The normalized spacial score (nSPS) is 12.0. The van der Waals surface area contributed by atoms with Crippen LogP contribution in [0.2, 0.25) is 5.02 Å². The zero-order valence-corrected chi connectivity index (χ0v) is 16.4. The molecule has 0 fully saturated rings. The van der Waals surface area contributed by atoms with E-state index in [4.69, 9.17) is 21.1 Å². The summed E-state index contributed by atoms with van der Waals surface area (Å²) in [6.45, 7) is 0.251. The van der Waals surface area contributed by atoms with Crippen LogP contribution in [0.25, 0.3) is 20.5 Å². The highest BCUT2D eigenvalue weighted by molar-refractivity contribution is 7.39. The van der Waals surface area contributed by atoms with Crippen molar-refractivity contribution in [2.75, 3.05) is 20.3 Å². The Kier molecular flexibility index (Phi) is 5.62. The summed E-state index contributed by atoms with van der Waals surface area (Å²) in [6, 6.07) is 7.45. The van der Waals surface area contributed by atoms with E-state index in [0.29, 0.717) is 28.5 Å². The van der Waals surface area contributed by atoms with E-state index in [2.05, 4.69) is 5.10 Å². The second-order valence-electron chi connectivity index (χ2n) is 5.76. The van der Waals surface area contributed by atoms with Crippen LogP contribution in [0.15, 0.2) is 29.1 Å². The van der Waals surface area contributed by atoms with Crippen LogP contribution in [0.1, 0.15) is 5.69 Å². The predicted octanol–water partition coefficient (Wildman–Crippen LogP) is 3.06. The Hall–Kier alpha value is -1.93. The molecule has 0 saturated heterocycles. The van der Waals surface area contributed by atoms with Gasteiger partial charge in [-0.3, -0.25) is 4.79 Å². The van der Waals surface area contributed by atoms with E-state index in [-0.39, 0.29) is 18.8 Å². The molecule has 1 aromatic carbocycles. The van der Waals surface area contributed by atoms with Gasteiger partial charge >= 0.3 is 0 Å². The fourth-order valence-corrected chi connectivity index (χ4v) is 5.27. The number of hydrogen-bond donors (Lipinski definition) is 1. The lowest BCUT2D eigenvalue weighted by molar-refractivity contribution is 0.181. The molecule has 1 N–H and O–H groups in total. The first kappa shape index (κ1) is 18.8. The quantitative estimate of drug-likeness (QED) is 0.649. The van der Waals surface area contributed by atoms with Gasteiger partial charge in [-0.2, -0.15) is 5.10 Å². The summed E-state index contributed by atoms with van der Waals surface area (Å²) in [5, 5.41) is 14.7. The number of aliphatic hydroxyl groups excluding tert-OH is 1. The molecule has 0 spiro atoms. The Morgan fingerprint density at radius 3 is 2.81 bits per heavy atom. The lowest BCUT2D eigenvalue weighted by Gasteiger charge is -2.05. The number of nitrogens with zero attached hydrogens (tertiary/aromatic N) is 2. The smallest absolute Gasteiger partial charge is 0.283 e. The number of rotatable bonds is 6. The predicted molar refractivity (Wildman–Crippen MR) is 104 cm³/mol. The van der Waals surface area contributed by atoms with Gasteiger partial charge in [-0.15, -0.1) is 0 Å². The standard InChI is InChI=1S/C18H20ClN2O4S/c1-21-18(23)14-15(25-8-7-22)16(11-5-4-6-12(19)9-11)26(3)17(14)13(20-21)10-24-2/h4-6,9,22H,7-8,10H2,1-3H3/q+1. The van der Waals surface area contributed by atoms with Crippen LogP contribution in [-0.4, -0.2) is 35.2 Å². The monoisotopic (exact) mass is 395 g/mol. The van der Waals surface area contributed by atoms with Crippen molar-refractivity contribution >= 4 is 32.2 Å². The molecule has 0 aliphatic rings. The second kappa shape index (κ2) is 7.75. The van der Waals surface area contributed by atoms with Crippen molar-refractivity contribution in [1.82, 2.24) is 9.78 Å². The van der Waals surface area contributed by atoms with Crippen molar-refractivity contribution < 1.29 is 14.6 Å². The molecule has 0 bridgehead atoms. The van der Waals surface area contributed by atoms with E-state index in [0.717, 1.165) is 15.1 Å². The van der Waals surface area contributed by atoms with E-state index in [1.54, 1.807) is 20.2 Å². The molecular weight excluding hydrogens is 376 g/mol. The van der Waals surface area contributed by atoms with Crippen LogP contribution in [0.5, 0.6) is 5.75 Å². The SMILES string of the molecule is COCc1nn(C)c(=O)c2c(OCCO)c(-c3cccc(Cl)c3)[s+](C)c12. The average molecular weight is 396 g/mol. The highest BCUT2D eigenvalue weighted by atomic mass is 35.5. The maximum absolute atomic E-state index is 12.8. The van der Waals surface area contributed by atoms with Gasteiger partial charge in [0.15, 0.2) is 11.1 Å². The highest BCUT2D eigenvalue weighted by Gasteiger charge is 2.33. The number of fused-ring (bicyclic) bond motifs is 1. The van der Waals surface area contributed by atoms with Crippen molar-refractivity contribution in [3.63, 3.8) is 0 Å². The first-order valence-corrected chi connectivity index (χ1v) is 10.00. The Bertz CT molecular complexity index is 1010. The lowest BCUT2D eigenvalue weighted by Crippen LogP contribution is -2.21. The summed E-state index contributed by atoms with van der Waals surface area (Å²) < 4.78 is 13.2. The molecule has 1 atom stereocenters. The third-order valence-corrected chi connectivity index (χ3v) is 6.34. The minimum Gasteiger partial charge on any atom is -0.485 e. The second-order valence-corrected chi connectivity index (χ2v) is 8.04. The summed E-state index contributed by atoms with van der Waals surface area (Å²) in [4.78, 5) is 13.7. The van der Waals surface area contributed by atoms with Crippen LogP contribution in [-0.2, 0) is 24.6 Å². The van der Waals surface area contributed by atoms with E-state index >= 15 is 0 Å². The molecule has 8 heteroatoms. The fourth-order valence-electron chi connectivity index (χ4n) is 3.01. The number of aliphatic hydroxyl groups is 1. The summed E-state index contributed by atoms with van der Waals surface area (Å²) >= 11 is 6.17. The Morgan fingerprint density at radius 1 is 1.38 bits per heavy atom. The lowest BCUT2D eigenvalue weighted by atomic mass is 10.1. The zero-order chi connectivity index (χ0) is 18.8. The molecule has 26 heavy (non-hydrogen) atoms. The van der Waals surface area contributed by atoms with E-state index in [9.17, 15) is 9.90 Å². The van der Waals surface area contributed by atoms with Gasteiger partial charge in [-0.25, -0.2) is 4.68 Å². The van der Waals surface area contributed by atoms with Gasteiger partial charge in [0.1, 0.15) is 18.6 Å². The van der Waals surface area contributed by atoms with Crippen LogP contribution in [0, 0.1) is 0 Å². The van der Waals surface area contributed by atoms with Crippen molar-refractivity contribution in [3.05, 3.63) is 45.3 Å². The molecule has 3 rings (SSSR count). The van der Waals surface area contributed by atoms with Crippen molar-refractivity contribution in [3.8, 4) is 16.2 Å². The molecule has 0 aliphatic carbocycles. The van der Waals surface area contributed by atoms with Gasteiger partial charge in [-0.05, 0) is 28.7 Å². The Labute approximate surface area is 158 Å². The van der Waals surface area contributed by atoms with Gasteiger partial charge in [0.05, 0.1) is 13.2 Å². The molecule has 2 aromatic heterocycles. The molecule has 3 aromatic rings. The topological polar surface area (TPSA) is 73.6 Å². The number of aryl methyl sites for hydroxylation is 2. The summed E-state index contributed by atoms with van der Waals surface area (Å²) in [6.07, 6.45) is 2.03. The molecular formula is C18H20ClN2O4S+. The van der Waals surface area contributed by atoms with Gasteiger partial charge in [0.25, 0.3) is 5.56 Å². The Balaban J connectivity index is 2.43. The first-order valence-electron chi connectivity index (χ1n) is 7.98. The summed E-state index contributed by atoms with van der Waals surface area (Å²) in [5.41, 5.74) is 1.36. The summed E-state index contributed by atoms with van der Waals surface area (Å²) in [7, 11) is 2.75. The average Bonchev–Trinajstić information content (AvgIpc) is 2.90. The third kappa shape index (κ3) is 3.23. The van der Waals surface area contributed by atoms with E-state index in [1.807, 2.05) is 24.5 Å². The van der Waals surface area contributed by atoms with E-state index in [1.165, 1.54) is 4.68 Å². The zero-order valence-electron chi connectivity index (χ0n) is 14.8. The van der Waals surface area contributed by atoms with Crippen LogP contribution in [0.3, 0.4) is 0 Å². The first-order chi connectivity index (χ1) is 12.5. The third-order valence-electron chi connectivity index (χ3n) is 4.02. The van der Waals surface area contributed by atoms with Crippen molar-refractivity contribution in [2.24, 2.45) is 13.3 Å². The molecule has 0 amide bonds. The molecule has 138 valence electrons. The Morgan fingerprint density at radius 2 is 2.15 bits per heavy atom. The maximum Gasteiger partial charge on any atom is 0.283 e. The number of halogens is 1. The number of methoxy groups -OCH3 is 1. The van der Waals surface area contributed by atoms with Gasteiger partial charge in [-0.1, -0.05) is 17.7 Å². The molecule has 1 unspecified atom stereocenters. The molecule has 0 aliphatic heterocycles. The molecule has 0 radical (unpaired) electrons. The van der Waals surface area contributed by atoms with Crippen LogP contribution < -0.4 is 10.3 Å². The van der Waals surface area contributed by atoms with Crippen LogP contribution >= 0.6 is 22.1 Å². The number of benzene rings is 1. The molecule has 6 nitrogen and oxygen atoms in total. The maximum atomic E-state index is 12.8. The van der Waals surface area contributed by atoms with Gasteiger partial charge < -0.3 is 14.6 Å². The fraction of sp³-hybridized carbons (Fsp3) is 0.333. The minimum atomic E-state index is -0.451. The van der Waals surface area contributed by atoms with Crippen molar-refractivity contribution in [1.29, 1.82) is 0 Å². The minimum absolute atomic E-state index is 0.0983. The summed E-state index contributed by atoms with van der Waals surface area (Å²) in [5.74, 6) is 0.488.